The minimum Gasteiger partial charge on any atom is -0.497 e. The number of fused-ring (bicyclic) bond motifs is 1. The molecular formula is C22H25NO3. The van der Waals surface area contributed by atoms with E-state index in [1.165, 1.54) is 0 Å². The van der Waals surface area contributed by atoms with Crippen molar-refractivity contribution < 1.29 is 14.3 Å². The van der Waals surface area contributed by atoms with E-state index in [0.29, 0.717) is 13.2 Å². The third-order valence-electron chi connectivity index (χ3n) is 4.37. The molecule has 4 heteroatoms. The van der Waals surface area contributed by atoms with Gasteiger partial charge in [0.05, 0.1) is 13.7 Å². The van der Waals surface area contributed by atoms with E-state index < -0.39 is 5.41 Å². The van der Waals surface area contributed by atoms with E-state index in [9.17, 15) is 4.79 Å². The molecule has 4 nitrogen and oxygen atoms in total. The van der Waals surface area contributed by atoms with E-state index in [0.717, 1.165) is 28.0 Å². The molecule has 1 aromatic heterocycles. The third kappa shape index (κ3) is 3.74. The smallest absolute Gasteiger partial charge is 0.170 e. The summed E-state index contributed by atoms with van der Waals surface area (Å²) in [5, 5.41) is 0.997. The molecule has 1 heterocycles. The molecule has 3 aromatic rings. The Morgan fingerprint density at radius 2 is 1.65 bits per heavy atom. The number of rotatable bonds is 6. The number of hydrogen-bond donors (Lipinski definition) is 0. The Bertz CT molecular complexity index is 901. The van der Waals surface area contributed by atoms with Gasteiger partial charge in [-0.25, -0.2) is 0 Å². The average molecular weight is 351 g/mol. The van der Waals surface area contributed by atoms with E-state index in [2.05, 4.69) is 4.57 Å². The van der Waals surface area contributed by atoms with Gasteiger partial charge in [0.25, 0.3) is 0 Å². The molecule has 0 N–H and O–H groups in total. The van der Waals surface area contributed by atoms with E-state index in [4.69, 9.17) is 9.47 Å². The lowest BCUT2D eigenvalue weighted by molar-refractivity contribution is 0.0860. The first kappa shape index (κ1) is 18.1. The van der Waals surface area contributed by atoms with Crippen molar-refractivity contribution in [1.82, 2.24) is 4.57 Å². The molecule has 0 aliphatic heterocycles. The molecule has 2 aromatic carbocycles. The second-order valence-electron chi connectivity index (χ2n) is 7.36. The molecule has 0 saturated carbocycles. The van der Waals surface area contributed by atoms with Crippen LogP contribution < -0.4 is 9.47 Å². The minimum atomic E-state index is -0.408. The lowest BCUT2D eigenvalue weighted by Crippen LogP contribution is -2.20. The monoisotopic (exact) mass is 351 g/mol. The molecule has 0 aliphatic carbocycles. The highest BCUT2D eigenvalue weighted by molar-refractivity contribution is 6.10. The number of ether oxygens (including phenoxy) is 2. The molecule has 0 aliphatic rings. The van der Waals surface area contributed by atoms with Crippen LogP contribution in [0.3, 0.4) is 0 Å². The fourth-order valence-corrected chi connectivity index (χ4v) is 2.95. The van der Waals surface area contributed by atoms with Gasteiger partial charge < -0.3 is 14.0 Å². The van der Waals surface area contributed by atoms with Crippen LogP contribution in [0.2, 0.25) is 0 Å². The summed E-state index contributed by atoms with van der Waals surface area (Å²) >= 11 is 0. The van der Waals surface area contributed by atoms with E-state index >= 15 is 0 Å². The molecule has 136 valence electrons. The van der Waals surface area contributed by atoms with Crippen LogP contribution in [0.15, 0.2) is 54.7 Å². The zero-order valence-corrected chi connectivity index (χ0v) is 15.8. The predicted molar refractivity (Wildman–Crippen MR) is 104 cm³/mol. The second-order valence-corrected chi connectivity index (χ2v) is 7.36. The molecule has 3 rings (SSSR count). The lowest BCUT2D eigenvalue weighted by Gasteiger charge is -2.15. The van der Waals surface area contributed by atoms with Crippen LogP contribution in [0.25, 0.3) is 10.9 Å². The number of carbonyl (C=O) groups excluding carboxylic acids is 1. The van der Waals surface area contributed by atoms with Gasteiger partial charge in [-0.3, -0.25) is 4.79 Å². The highest BCUT2D eigenvalue weighted by atomic mass is 16.5. The fraction of sp³-hybridized carbons (Fsp3) is 0.318. The molecular weight excluding hydrogens is 326 g/mol. The topological polar surface area (TPSA) is 40.5 Å². The Hall–Kier alpha value is -2.75. The molecule has 0 unspecified atom stereocenters. The standard InChI is InChI=1S/C22H25NO3/c1-22(2,3)21(24)19-15-23(20-8-6-5-7-18(19)20)13-14-26-17-11-9-16(25-4)10-12-17/h5-12,15H,13-14H2,1-4H3. The van der Waals surface area contributed by atoms with Gasteiger partial charge >= 0.3 is 0 Å². The number of nitrogens with zero attached hydrogens (tertiary/aromatic N) is 1. The Labute approximate surface area is 154 Å². The molecule has 0 atom stereocenters. The van der Waals surface area contributed by atoms with E-state index in [1.807, 2.05) is 75.5 Å². The number of methoxy groups -OCH3 is 1. The zero-order chi connectivity index (χ0) is 18.7. The second kappa shape index (κ2) is 7.24. The Kier molecular flexibility index (Phi) is 5.03. The summed E-state index contributed by atoms with van der Waals surface area (Å²) in [4.78, 5) is 12.8. The van der Waals surface area contributed by atoms with Crippen LogP contribution >= 0.6 is 0 Å². The van der Waals surface area contributed by atoms with Crippen molar-refractivity contribution in [2.75, 3.05) is 13.7 Å². The molecule has 0 saturated heterocycles. The summed E-state index contributed by atoms with van der Waals surface area (Å²) in [5.41, 5.74) is 1.42. The van der Waals surface area contributed by atoms with Crippen molar-refractivity contribution in [3.05, 3.63) is 60.3 Å². The van der Waals surface area contributed by atoms with Crippen molar-refractivity contribution in [3.63, 3.8) is 0 Å². The van der Waals surface area contributed by atoms with Crippen LogP contribution in [0.5, 0.6) is 11.5 Å². The summed E-state index contributed by atoms with van der Waals surface area (Å²) < 4.78 is 13.1. The van der Waals surface area contributed by atoms with Crippen LogP contribution in [0.4, 0.5) is 0 Å². The number of benzene rings is 2. The first-order valence-electron chi connectivity index (χ1n) is 8.79. The predicted octanol–water partition coefficient (Wildman–Crippen LogP) is 4.96. The van der Waals surface area contributed by atoms with Crippen molar-refractivity contribution in [2.24, 2.45) is 5.41 Å². The largest absolute Gasteiger partial charge is 0.497 e. The minimum absolute atomic E-state index is 0.156. The SMILES string of the molecule is COc1ccc(OCCn2cc(C(=O)C(C)(C)C)c3ccccc32)cc1. The average Bonchev–Trinajstić information content (AvgIpc) is 3.00. The van der Waals surface area contributed by atoms with Gasteiger partial charge in [0.1, 0.15) is 18.1 Å². The maximum absolute atomic E-state index is 12.8. The zero-order valence-electron chi connectivity index (χ0n) is 15.8. The molecule has 0 spiro atoms. The summed E-state index contributed by atoms with van der Waals surface area (Å²) in [6, 6.07) is 15.6. The van der Waals surface area contributed by atoms with Gasteiger partial charge in [0, 0.05) is 28.1 Å². The molecule has 0 fully saturated rings. The highest BCUT2D eigenvalue weighted by Crippen LogP contribution is 2.28. The number of carbonyl (C=O) groups is 1. The number of para-hydroxylation sites is 1. The summed E-state index contributed by atoms with van der Waals surface area (Å²) in [6.45, 7) is 7.05. The van der Waals surface area contributed by atoms with Crippen molar-refractivity contribution in [1.29, 1.82) is 0 Å². The molecule has 0 radical (unpaired) electrons. The summed E-state index contributed by atoms with van der Waals surface area (Å²) in [7, 11) is 1.64. The normalized spacial score (nSPS) is 11.5. The maximum atomic E-state index is 12.8. The Morgan fingerprint density at radius 1 is 1.00 bits per heavy atom. The van der Waals surface area contributed by atoms with Crippen LogP contribution in [0, 0.1) is 5.41 Å². The van der Waals surface area contributed by atoms with Crippen LogP contribution in [0.1, 0.15) is 31.1 Å². The summed E-state index contributed by atoms with van der Waals surface area (Å²) in [5.74, 6) is 1.76. The highest BCUT2D eigenvalue weighted by Gasteiger charge is 2.26. The van der Waals surface area contributed by atoms with Crippen LogP contribution in [-0.2, 0) is 6.54 Å². The third-order valence-corrected chi connectivity index (χ3v) is 4.37. The first-order chi connectivity index (χ1) is 12.4. The number of Topliss-reactive ketones (excluding diaryl/α,β-unsaturated/α-hetero) is 1. The number of ketones is 1. The number of hydrogen-bond acceptors (Lipinski definition) is 3. The van der Waals surface area contributed by atoms with E-state index in [1.54, 1.807) is 7.11 Å². The van der Waals surface area contributed by atoms with Crippen LogP contribution in [-0.4, -0.2) is 24.1 Å². The van der Waals surface area contributed by atoms with Crippen molar-refractivity contribution >= 4 is 16.7 Å². The van der Waals surface area contributed by atoms with Gasteiger partial charge in [0.2, 0.25) is 0 Å². The maximum Gasteiger partial charge on any atom is 0.170 e. The lowest BCUT2D eigenvalue weighted by atomic mass is 9.86. The van der Waals surface area contributed by atoms with Gasteiger partial charge in [-0.1, -0.05) is 39.0 Å². The van der Waals surface area contributed by atoms with Gasteiger partial charge in [0.15, 0.2) is 5.78 Å². The van der Waals surface area contributed by atoms with Gasteiger partial charge in [-0.05, 0) is 30.3 Å². The van der Waals surface area contributed by atoms with Gasteiger partial charge in [-0.15, -0.1) is 0 Å². The first-order valence-corrected chi connectivity index (χ1v) is 8.79. The quantitative estimate of drug-likeness (QED) is 0.590. The van der Waals surface area contributed by atoms with Crippen molar-refractivity contribution in [2.45, 2.75) is 27.3 Å². The Balaban J connectivity index is 1.78. The molecule has 26 heavy (non-hydrogen) atoms. The molecule has 0 bridgehead atoms. The van der Waals surface area contributed by atoms with Gasteiger partial charge in [-0.2, -0.15) is 0 Å². The fourth-order valence-electron chi connectivity index (χ4n) is 2.95. The Morgan fingerprint density at radius 3 is 2.31 bits per heavy atom. The molecule has 0 amide bonds. The van der Waals surface area contributed by atoms with Crippen molar-refractivity contribution in [3.8, 4) is 11.5 Å². The summed E-state index contributed by atoms with van der Waals surface area (Å²) in [6.07, 6.45) is 1.95. The van der Waals surface area contributed by atoms with E-state index in [-0.39, 0.29) is 5.78 Å². The number of aromatic nitrogens is 1.